The van der Waals surface area contributed by atoms with E-state index in [1.807, 2.05) is 24.3 Å². The summed E-state index contributed by atoms with van der Waals surface area (Å²) in [6.07, 6.45) is 1.87. The first-order valence-electron chi connectivity index (χ1n) is 5.18. The van der Waals surface area contributed by atoms with Gasteiger partial charge in [-0.15, -0.1) is 5.10 Å². The summed E-state index contributed by atoms with van der Waals surface area (Å²) in [5, 5.41) is 4.37. The van der Waals surface area contributed by atoms with Crippen molar-refractivity contribution in [2.24, 2.45) is 0 Å². The second-order valence-corrected chi connectivity index (χ2v) is 4.44. The molecule has 2 N–H and O–H groups in total. The molecule has 1 heterocycles. The molecule has 2 aromatic rings. The number of anilines is 1. The first-order chi connectivity index (χ1) is 7.70. The van der Waals surface area contributed by atoms with E-state index in [4.69, 9.17) is 5.73 Å². The Morgan fingerprint density at radius 2 is 2.25 bits per heavy atom. The fraction of sp³-hybridized carbons (Fsp3) is 0.273. The SMILES string of the molecule is CCCc1nc(N)n(-c2cccc(Br)c2)n1. The van der Waals surface area contributed by atoms with Crippen molar-refractivity contribution in [2.45, 2.75) is 19.8 Å². The van der Waals surface area contributed by atoms with Crippen LogP contribution >= 0.6 is 15.9 Å². The molecule has 0 aliphatic rings. The zero-order chi connectivity index (χ0) is 11.5. The second-order valence-electron chi connectivity index (χ2n) is 3.53. The molecule has 84 valence electrons. The van der Waals surface area contributed by atoms with E-state index in [1.54, 1.807) is 4.68 Å². The molecule has 0 saturated heterocycles. The van der Waals surface area contributed by atoms with Crippen molar-refractivity contribution in [3.63, 3.8) is 0 Å². The van der Waals surface area contributed by atoms with E-state index in [2.05, 4.69) is 32.9 Å². The van der Waals surface area contributed by atoms with Crippen LogP contribution in [0, 0.1) is 0 Å². The van der Waals surface area contributed by atoms with E-state index < -0.39 is 0 Å². The van der Waals surface area contributed by atoms with Gasteiger partial charge in [0.2, 0.25) is 5.95 Å². The van der Waals surface area contributed by atoms with Gasteiger partial charge in [-0.05, 0) is 24.6 Å². The van der Waals surface area contributed by atoms with Crippen LogP contribution in [0.1, 0.15) is 19.2 Å². The zero-order valence-corrected chi connectivity index (χ0v) is 10.6. The zero-order valence-electron chi connectivity index (χ0n) is 9.02. The maximum Gasteiger partial charge on any atom is 0.223 e. The van der Waals surface area contributed by atoms with Gasteiger partial charge in [0.25, 0.3) is 0 Å². The minimum absolute atomic E-state index is 0.432. The molecule has 5 heteroatoms. The minimum atomic E-state index is 0.432. The molecule has 0 amide bonds. The van der Waals surface area contributed by atoms with E-state index in [-0.39, 0.29) is 0 Å². The standard InChI is InChI=1S/C11H13BrN4/c1-2-4-10-14-11(13)16(15-10)9-6-3-5-8(12)7-9/h3,5-7H,2,4H2,1H3,(H2,13,14,15). The number of halogens is 1. The summed E-state index contributed by atoms with van der Waals surface area (Å²) in [5.74, 6) is 1.22. The highest BCUT2D eigenvalue weighted by atomic mass is 79.9. The third-order valence-electron chi connectivity index (χ3n) is 2.20. The first kappa shape index (κ1) is 11.1. The lowest BCUT2D eigenvalue weighted by molar-refractivity contribution is 0.801. The highest BCUT2D eigenvalue weighted by Gasteiger charge is 2.07. The normalized spacial score (nSPS) is 10.6. The molecule has 0 aliphatic carbocycles. The predicted octanol–water partition coefficient (Wildman–Crippen LogP) is 2.56. The van der Waals surface area contributed by atoms with Gasteiger partial charge in [0.1, 0.15) is 0 Å². The van der Waals surface area contributed by atoms with E-state index in [0.717, 1.165) is 28.8 Å². The van der Waals surface area contributed by atoms with Gasteiger partial charge in [-0.2, -0.15) is 9.67 Å². The maximum absolute atomic E-state index is 5.83. The minimum Gasteiger partial charge on any atom is -0.368 e. The summed E-state index contributed by atoms with van der Waals surface area (Å²) in [5.41, 5.74) is 6.75. The summed E-state index contributed by atoms with van der Waals surface area (Å²) >= 11 is 3.42. The molecule has 0 bridgehead atoms. The summed E-state index contributed by atoms with van der Waals surface area (Å²) in [6, 6.07) is 7.82. The maximum atomic E-state index is 5.83. The Hall–Kier alpha value is -1.36. The lowest BCUT2D eigenvalue weighted by atomic mass is 10.3. The lowest BCUT2D eigenvalue weighted by Gasteiger charge is -2.02. The van der Waals surface area contributed by atoms with Crippen LogP contribution in [0.2, 0.25) is 0 Å². The van der Waals surface area contributed by atoms with Crippen LogP contribution in [0.15, 0.2) is 28.7 Å². The van der Waals surface area contributed by atoms with Gasteiger partial charge in [0, 0.05) is 10.9 Å². The monoisotopic (exact) mass is 280 g/mol. The van der Waals surface area contributed by atoms with Gasteiger partial charge in [0.15, 0.2) is 5.82 Å². The quantitative estimate of drug-likeness (QED) is 0.940. The van der Waals surface area contributed by atoms with E-state index >= 15 is 0 Å². The molecule has 0 fully saturated rings. The summed E-state index contributed by atoms with van der Waals surface area (Å²) < 4.78 is 2.66. The number of hydrogen-bond acceptors (Lipinski definition) is 3. The molecule has 0 saturated carbocycles. The van der Waals surface area contributed by atoms with Crippen molar-refractivity contribution in [2.75, 3.05) is 5.73 Å². The predicted molar refractivity (Wildman–Crippen MR) is 67.5 cm³/mol. The topological polar surface area (TPSA) is 56.7 Å². The van der Waals surface area contributed by atoms with Crippen LogP contribution < -0.4 is 5.73 Å². The third kappa shape index (κ3) is 2.24. The van der Waals surface area contributed by atoms with Crippen LogP contribution in [0.3, 0.4) is 0 Å². The van der Waals surface area contributed by atoms with Crippen molar-refractivity contribution < 1.29 is 0 Å². The lowest BCUT2D eigenvalue weighted by Crippen LogP contribution is -2.02. The van der Waals surface area contributed by atoms with Crippen LogP contribution in [0.5, 0.6) is 0 Å². The Morgan fingerprint density at radius 3 is 2.94 bits per heavy atom. The second kappa shape index (κ2) is 4.65. The number of aryl methyl sites for hydroxylation is 1. The number of benzene rings is 1. The molecule has 16 heavy (non-hydrogen) atoms. The highest BCUT2D eigenvalue weighted by Crippen LogP contribution is 2.17. The third-order valence-corrected chi connectivity index (χ3v) is 2.70. The number of nitrogens with zero attached hydrogens (tertiary/aromatic N) is 3. The van der Waals surface area contributed by atoms with Crippen LogP contribution in [0.4, 0.5) is 5.95 Å². The molecule has 0 aliphatic heterocycles. The largest absolute Gasteiger partial charge is 0.368 e. The van der Waals surface area contributed by atoms with Crippen LogP contribution in [-0.2, 0) is 6.42 Å². The fourth-order valence-corrected chi connectivity index (χ4v) is 1.88. The Balaban J connectivity index is 2.40. The van der Waals surface area contributed by atoms with Crippen molar-refractivity contribution in [3.05, 3.63) is 34.6 Å². The molecule has 2 rings (SSSR count). The average Bonchev–Trinajstić information content (AvgIpc) is 2.60. The van der Waals surface area contributed by atoms with Crippen LogP contribution in [0.25, 0.3) is 5.69 Å². The molecule has 0 unspecified atom stereocenters. The van der Waals surface area contributed by atoms with E-state index in [0.29, 0.717) is 5.95 Å². The molecule has 1 aromatic carbocycles. The summed E-state index contributed by atoms with van der Waals surface area (Å²) in [6.45, 7) is 2.09. The van der Waals surface area contributed by atoms with Gasteiger partial charge < -0.3 is 5.73 Å². The highest BCUT2D eigenvalue weighted by molar-refractivity contribution is 9.10. The van der Waals surface area contributed by atoms with Gasteiger partial charge >= 0.3 is 0 Å². The summed E-state index contributed by atoms with van der Waals surface area (Å²) in [4.78, 5) is 4.22. The number of nitrogen functional groups attached to an aromatic ring is 1. The molecular weight excluding hydrogens is 268 g/mol. The number of nitrogens with two attached hydrogens (primary N) is 1. The molecule has 1 aromatic heterocycles. The van der Waals surface area contributed by atoms with Gasteiger partial charge in [-0.3, -0.25) is 0 Å². The molecule has 4 nitrogen and oxygen atoms in total. The van der Waals surface area contributed by atoms with Crippen molar-refractivity contribution >= 4 is 21.9 Å². The van der Waals surface area contributed by atoms with Crippen molar-refractivity contribution in [3.8, 4) is 5.69 Å². The molecule has 0 spiro atoms. The molecule has 0 radical (unpaired) electrons. The number of aromatic nitrogens is 3. The Bertz CT molecular complexity index is 492. The van der Waals surface area contributed by atoms with Crippen molar-refractivity contribution in [1.29, 1.82) is 0 Å². The number of rotatable bonds is 3. The fourth-order valence-electron chi connectivity index (χ4n) is 1.50. The van der Waals surface area contributed by atoms with Crippen molar-refractivity contribution in [1.82, 2.24) is 14.8 Å². The Kier molecular flexibility index (Phi) is 3.24. The molecular formula is C11H13BrN4. The van der Waals surface area contributed by atoms with E-state index in [1.165, 1.54) is 0 Å². The van der Waals surface area contributed by atoms with Crippen LogP contribution in [-0.4, -0.2) is 14.8 Å². The van der Waals surface area contributed by atoms with Gasteiger partial charge in [0.05, 0.1) is 5.69 Å². The number of hydrogen-bond donors (Lipinski definition) is 1. The molecule has 0 atom stereocenters. The van der Waals surface area contributed by atoms with Gasteiger partial charge in [-0.25, -0.2) is 0 Å². The average molecular weight is 281 g/mol. The van der Waals surface area contributed by atoms with Gasteiger partial charge in [-0.1, -0.05) is 28.9 Å². The van der Waals surface area contributed by atoms with E-state index in [9.17, 15) is 0 Å². The summed E-state index contributed by atoms with van der Waals surface area (Å²) in [7, 11) is 0. The first-order valence-corrected chi connectivity index (χ1v) is 5.97. The Labute approximate surface area is 103 Å². The Morgan fingerprint density at radius 1 is 1.44 bits per heavy atom. The smallest absolute Gasteiger partial charge is 0.223 e.